The largest absolute Gasteiger partial charge is 0.497 e. The molecular weight excluding hydrogens is 370 g/mol. The number of benzene rings is 2. The zero-order valence-corrected chi connectivity index (χ0v) is 16.5. The third-order valence-electron chi connectivity index (χ3n) is 5.88. The monoisotopic (exact) mass is 395 g/mol. The van der Waals surface area contributed by atoms with E-state index < -0.39 is 0 Å². The lowest BCUT2D eigenvalue weighted by molar-refractivity contribution is -0.384. The molecule has 2 aliphatic rings. The molecule has 2 saturated heterocycles. The van der Waals surface area contributed by atoms with Gasteiger partial charge in [0.2, 0.25) is 0 Å². The van der Waals surface area contributed by atoms with Crippen molar-refractivity contribution >= 4 is 17.3 Å². The van der Waals surface area contributed by atoms with Crippen molar-refractivity contribution in [2.45, 2.75) is 31.7 Å². The van der Waals surface area contributed by atoms with Gasteiger partial charge in [0.15, 0.2) is 0 Å². The average Bonchev–Trinajstić information content (AvgIpc) is 3.45. The van der Waals surface area contributed by atoms with E-state index in [9.17, 15) is 14.9 Å². The Kier molecular flexibility index (Phi) is 5.38. The molecule has 0 N–H and O–H groups in total. The van der Waals surface area contributed by atoms with E-state index in [1.165, 1.54) is 6.07 Å². The predicted molar refractivity (Wildman–Crippen MR) is 111 cm³/mol. The summed E-state index contributed by atoms with van der Waals surface area (Å²) in [4.78, 5) is 28.4. The first-order valence-corrected chi connectivity index (χ1v) is 10.1. The van der Waals surface area contributed by atoms with Gasteiger partial charge in [-0.3, -0.25) is 14.9 Å². The number of hydrogen-bond acceptors (Lipinski definition) is 5. The highest BCUT2D eigenvalue weighted by molar-refractivity contribution is 5.96. The number of methoxy groups -OCH3 is 1. The molecular formula is C22H25N3O4. The van der Waals surface area contributed by atoms with Crippen LogP contribution >= 0.6 is 0 Å². The van der Waals surface area contributed by atoms with Crippen LogP contribution in [0.1, 0.15) is 47.6 Å². The molecule has 29 heavy (non-hydrogen) atoms. The molecule has 0 aliphatic carbocycles. The van der Waals surface area contributed by atoms with Crippen LogP contribution in [0, 0.1) is 10.1 Å². The van der Waals surface area contributed by atoms with Gasteiger partial charge in [0.1, 0.15) is 11.4 Å². The number of anilines is 1. The van der Waals surface area contributed by atoms with Crippen molar-refractivity contribution in [3.63, 3.8) is 0 Å². The summed E-state index contributed by atoms with van der Waals surface area (Å²) in [6, 6.07) is 12.6. The quantitative estimate of drug-likeness (QED) is 0.561. The number of amides is 1. The topological polar surface area (TPSA) is 75.9 Å². The number of hydrogen-bond donors (Lipinski definition) is 0. The van der Waals surface area contributed by atoms with E-state index in [1.54, 1.807) is 19.2 Å². The van der Waals surface area contributed by atoms with Gasteiger partial charge in [0.25, 0.3) is 11.6 Å². The first kappa shape index (κ1) is 19.2. The van der Waals surface area contributed by atoms with Crippen LogP contribution in [-0.4, -0.2) is 42.5 Å². The Morgan fingerprint density at radius 2 is 1.79 bits per heavy atom. The highest BCUT2D eigenvalue weighted by Gasteiger charge is 2.32. The maximum absolute atomic E-state index is 13.2. The maximum Gasteiger partial charge on any atom is 0.293 e. The summed E-state index contributed by atoms with van der Waals surface area (Å²) in [5.41, 5.74) is 2.05. The van der Waals surface area contributed by atoms with E-state index in [-0.39, 0.29) is 22.6 Å². The van der Waals surface area contributed by atoms with E-state index >= 15 is 0 Å². The highest BCUT2D eigenvalue weighted by atomic mass is 16.6. The summed E-state index contributed by atoms with van der Waals surface area (Å²) in [7, 11) is 1.62. The summed E-state index contributed by atoms with van der Waals surface area (Å²) in [5.74, 6) is 0.622. The molecule has 1 amide bonds. The van der Waals surface area contributed by atoms with Crippen molar-refractivity contribution < 1.29 is 14.5 Å². The number of rotatable bonds is 5. The Morgan fingerprint density at radius 1 is 1.07 bits per heavy atom. The van der Waals surface area contributed by atoms with Gasteiger partial charge in [-0.2, -0.15) is 0 Å². The molecule has 2 fully saturated rings. The molecule has 1 unspecified atom stereocenters. The molecule has 0 spiro atoms. The molecule has 2 aromatic carbocycles. The van der Waals surface area contributed by atoms with Crippen molar-refractivity contribution in [1.29, 1.82) is 0 Å². The normalized spacial score (nSPS) is 18.9. The van der Waals surface area contributed by atoms with Crippen molar-refractivity contribution in [2.24, 2.45) is 0 Å². The number of likely N-dealkylation sites (tertiary alicyclic amines) is 1. The summed E-state index contributed by atoms with van der Waals surface area (Å²) in [6.07, 6.45) is 3.87. The van der Waals surface area contributed by atoms with Gasteiger partial charge in [-0.05, 0) is 55.5 Å². The molecule has 0 radical (unpaired) electrons. The van der Waals surface area contributed by atoms with Crippen LogP contribution in [0.5, 0.6) is 5.75 Å². The van der Waals surface area contributed by atoms with Crippen molar-refractivity contribution in [2.75, 3.05) is 31.6 Å². The van der Waals surface area contributed by atoms with Gasteiger partial charge in [0, 0.05) is 31.3 Å². The van der Waals surface area contributed by atoms with Gasteiger partial charge in [-0.15, -0.1) is 0 Å². The Balaban J connectivity index is 1.60. The lowest BCUT2D eigenvalue weighted by Gasteiger charge is -2.26. The minimum absolute atomic E-state index is 0.0120. The number of carbonyl (C=O) groups is 1. The minimum atomic E-state index is -0.380. The SMILES string of the molecule is COc1ccc(C2CCCN2C(=O)c2ccc(N3CCCC3)c([N+](=O)[O-])c2)cc1. The van der Waals surface area contributed by atoms with Gasteiger partial charge in [-0.25, -0.2) is 0 Å². The Morgan fingerprint density at radius 3 is 2.45 bits per heavy atom. The second-order valence-corrected chi connectivity index (χ2v) is 7.58. The van der Waals surface area contributed by atoms with E-state index in [4.69, 9.17) is 4.74 Å². The molecule has 2 aliphatic heterocycles. The lowest BCUT2D eigenvalue weighted by Crippen LogP contribution is -2.30. The molecule has 2 heterocycles. The molecule has 0 bridgehead atoms. The second-order valence-electron chi connectivity index (χ2n) is 7.58. The standard InChI is InChI=1S/C22H25N3O4/c1-29-18-9-6-16(7-10-18)19-5-4-14-24(19)22(26)17-8-11-20(21(15-17)25(27)28)23-12-2-3-13-23/h6-11,15,19H,2-5,12-14H2,1H3. The Labute approximate surface area is 170 Å². The second kappa shape index (κ2) is 8.11. The average molecular weight is 395 g/mol. The fraction of sp³-hybridized carbons (Fsp3) is 0.409. The first-order valence-electron chi connectivity index (χ1n) is 10.1. The van der Waals surface area contributed by atoms with Gasteiger partial charge >= 0.3 is 0 Å². The van der Waals surface area contributed by atoms with E-state index in [0.29, 0.717) is 17.8 Å². The molecule has 152 valence electrons. The van der Waals surface area contributed by atoms with E-state index in [2.05, 4.69) is 0 Å². The van der Waals surface area contributed by atoms with Gasteiger partial charge < -0.3 is 14.5 Å². The van der Waals surface area contributed by atoms with Crippen LogP contribution in [-0.2, 0) is 0 Å². The number of carbonyl (C=O) groups excluding carboxylic acids is 1. The van der Waals surface area contributed by atoms with Crippen LogP contribution in [0.15, 0.2) is 42.5 Å². The van der Waals surface area contributed by atoms with E-state index in [0.717, 1.165) is 50.1 Å². The fourth-order valence-corrected chi connectivity index (χ4v) is 4.38. The molecule has 0 aromatic heterocycles. The van der Waals surface area contributed by atoms with Crippen molar-refractivity contribution in [1.82, 2.24) is 4.90 Å². The molecule has 0 saturated carbocycles. The van der Waals surface area contributed by atoms with E-state index in [1.807, 2.05) is 34.1 Å². The maximum atomic E-state index is 13.2. The smallest absolute Gasteiger partial charge is 0.293 e. The number of ether oxygens (including phenoxy) is 1. The predicted octanol–water partition coefficient (Wildman–Crippen LogP) is 4.18. The van der Waals surface area contributed by atoms with Gasteiger partial charge in [0.05, 0.1) is 18.1 Å². The third kappa shape index (κ3) is 3.77. The Hall–Kier alpha value is -3.09. The van der Waals surface area contributed by atoms with Gasteiger partial charge in [-0.1, -0.05) is 12.1 Å². The molecule has 2 aromatic rings. The van der Waals surface area contributed by atoms with Crippen molar-refractivity contribution in [3.8, 4) is 5.75 Å². The lowest BCUT2D eigenvalue weighted by atomic mass is 10.0. The first-order chi connectivity index (χ1) is 14.1. The molecule has 1 atom stereocenters. The summed E-state index contributed by atoms with van der Waals surface area (Å²) >= 11 is 0. The van der Waals surface area contributed by atoms with Crippen LogP contribution < -0.4 is 9.64 Å². The van der Waals surface area contributed by atoms with Crippen LogP contribution in [0.25, 0.3) is 0 Å². The fourth-order valence-electron chi connectivity index (χ4n) is 4.38. The minimum Gasteiger partial charge on any atom is -0.497 e. The summed E-state index contributed by atoms with van der Waals surface area (Å²) in [5, 5.41) is 11.7. The summed E-state index contributed by atoms with van der Waals surface area (Å²) in [6.45, 7) is 2.29. The van der Waals surface area contributed by atoms with Crippen LogP contribution in [0.4, 0.5) is 11.4 Å². The molecule has 7 heteroatoms. The third-order valence-corrected chi connectivity index (χ3v) is 5.88. The highest BCUT2D eigenvalue weighted by Crippen LogP contribution is 2.36. The number of nitro benzene ring substituents is 1. The van der Waals surface area contributed by atoms with Crippen molar-refractivity contribution in [3.05, 3.63) is 63.7 Å². The Bertz CT molecular complexity index is 907. The zero-order chi connectivity index (χ0) is 20.4. The molecule has 7 nitrogen and oxygen atoms in total. The zero-order valence-electron chi connectivity index (χ0n) is 16.5. The summed E-state index contributed by atoms with van der Waals surface area (Å²) < 4.78 is 5.22. The number of nitrogens with zero attached hydrogens (tertiary/aromatic N) is 3. The molecule has 4 rings (SSSR count). The van der Waals surface area contributed by atoms with Crippen LogP contribution in [0.3, 0.4) is 0 Å². The van der Waals surface area contributed by atoms with Crippen LogP contribution in [0.2, 0.25) is 0 Å². The number of nitro groups is 1.